The normalized spacial score (nSPS) is 17.2. The Balaban J connectivity index is 1.94. The van der Waals surface area contributed by atoms with Crippen LogP contribution in [0.15, 0.2) is 24.3 Å². The molecule has 1 amide bonds. The number of carbonyl (C=O) groups excluding carboxylic acids is 1. The molecule has 2 nitrogen and oxygen atoms in total. The SMILES string of the molecule is CC(C)c1ccc(NC(=O)C2CCCCCC2)cc1. The zero-order valence-corrected chi connectivity index (χ0v) is 12.1. The van der Waals surface area contributed by atoms with E-state index in [1.807, 2.05) is 12.1 Å². The standard InChI is InChI=1S/C17H25NO/c1-13(2)14-9-11-16(12-10-14)18-17(19)15-7-5-3-4-6-8-15/h9-13,15H,3-8H2,1-2H3,(H,18,19). The Morgan fingerprint density at radius 1 is 1.05 bits per heavy atom. The third-order valence-electron chi connectivity index (χ3n) is 4.07. The van der Waals surface area contributed by atoms with Crippen molar-refractivity contribution in [1.29, 1.82) is 0 Å². The highest BCUT2D eigenvalue weighted by molar-refractivity contribution is 5.92. The van der Waals surface area contributed by atoms with Gasteiger partial charge < -0.3 is 5.32 Å². The van der Waals surface area contributed by atoms with Gasteiger partial charge in [0.2, 0.25) is 5.91 Å². The summed E-state index contributed by atoms with van der Waals surface area (Å²) in [5.74, 6) is 0.957. The second-order valence-corrected chi connectivity index (χ2v) is 5.95. The molecule has 0 atom stereocenters. The summed E-state index contributed by atoms with van der Waals surface area (Å²) in [4.78, 5) is 12.2. The molecular weight excluding hydrogens is 234 g/mol. The summed E-state index contributed by atoms with van der Waals surface area (Å²) in [6, 6.07) is 8.24. The Kier molecular flexibility index (Phi) is 5.00. The predicted octanol–water partition coefficient (Wildman–Crippen LogP) is 4.72. The van der Waals surface area contributed by atoms with Crippen LogP contribution >= 0.6 is 0 Å². The van der Waals surface area contributed by atoms with Gasteiger partial charge in [0.05, 0.1) is 0 Å². The van der Waals surface area contributed by atoms with Crippen molar-refractivity contribution in [3.63, 3.8) is 0 Å². The lowest BCUT2D eigenvalue weighted by Crippen LogP contribution is -2.22. The van der Waals surface area contributed by atoms with Crippen LogP contribution in [0.2, 0.25) is 0 Å². The molecule has 1 aliphatic rings. The molecule has 1 aromatic carbocycles. The minimum Gasteiger partial charge on any atom is -0.326 e. The maximum absolute atomic E-state index is 12.2. The van der Waals surface area contributed by atoms with E-state index in [-0.39, 0.29) is 11.8 Å². The number of hydrogen-bond donors (Lipinski definition) is 1. The van der Waals surface area contributed by atoms with Gasteiger partial charge in [0, 0.05) is 11.6 Å². The molecular formula is C17H25NO. The van der Waals surface area contributed by atoms with Crippen LogP contribution in [0.4, 0.5) is 5.69 Å². The number of amides is 1. The molecule has 104 valence electrons. The molecule has 0 unspecified atom stereocenters. The Labute approximate surface area is 116 Å². The molecule has 2 rings (SSSR count). The van der Waals surface area contributed by atoms with E-state index < -0.39 is 0 Å². The maximum Gasteiger partial charge on any atom is 0.227 e. The van der Waals surface area contributed by atoms with E-state index in [0.29, 0.717) is 5.92 Å². The lowest BCUT2D eigenvalue weighted by atomic mass is 9.99. The van der Waals surface area contributed by atoms with E-state index in [1.165, 1.54) is 31.2 Å². The molecule has 0 aliphatic heterocycles. The highest BCUT2D eigenvalue weighted by Gasteiger charge is 2.19. The topological polar surface area (TPSA) is 29.1 Å². The molecule has 19 heavy (non-hydrogen) atoms. The van der Waals surface area contributed by atoms with Gasteiger partial charge in [-0.3, -0.25) is 4.79 Å². The van der Waals surface area contributed by atoms with Gasteiger partial charge in [-0.05, 0) is 36.5 Å². The Morgan fingerprint density at radius 3 is 2.16 bits per heavy atom. The van der Waals surface area contributed by atoms with Crippen LogP contribution in [0.25, 0.3) is 0 Å². The molecule has 0 heterocycles. The second-order valence-electron chi connectivity index (χ2n) is 5.95. The van der Waals surface area contributed by atoms with Gasteiger partial charge in [-0.2, -0.15) is 0 Å². The summed E-state index contributed by atoms with van der Waals surface area (Å²) < 4.78 is 0. The van der Waals surface area contributed by atoms with E-state index in [0.717, 1.165) is 18.5 Å². The summed E-state index contributed by atoms with van der Waals surface area (Å²) in [5.41, 5.74) is 2.24. The van der Waals surface area contributed by atoms with Crippen molar-refractivity contribution in [1.82, 2.24) is 0 Å². The lowest BCUT2D eigenvalue weighted by Gasteiger charge is -2.14. The minimum atomic E-state index is 0.208. The second kappa shape index (κ2) is 6.74. The number of anilines is 1. The zero-order valence-electron chi connectivity index (χ0n) is 12.1. The molecule has 1 aliphatic carbocycles. The van der Waals surface area contributed by atoms with E-state index in [2.05, 4.69) is 31.3 Å². The molecule has 1 fully saturated rings. The van der Waals surface area contributed by atoms with Crippen LogP contribution in [-0.2, 0) is 4.79 Å². The van der Waals surface area contributed by atoms with E-state index in [9.17, 15) is 4.79 Å². The third kappa shape index (κ3) is 4.09. The van der Waals surface area contributed by atoms with Crippen LogP contribution in [0.5, 0.6) is 0 Å². The number of benzene rings is 1. The lowest BCUT2D eigenvalue weighted by molar-refractivity contribution is -0.120. The summed E-state index contributed by atoms with van der Waals surface area (Å²) in [6.07, 6.45) is 7.07. The smallest absolute Gasteiger partial charge is 0.227 e. The van der Waals surface area contributed by atoms with Gasteiger partial charge in [-0.1, -0.05) is 51.7 Å². The number of carbonyl (C=O) groups is 1. The maximum atomic E-state index is 12.2. The van der Waals surface area contributed by atoms with Crippen molar-refractivity contribution in [2.75, 3.05) is 5.32 Å². The number of rotatable bonds is 3. The first-order chi connectivity index (χ1) is 9.16. The van der Waals surface area contributed by atoms with Crippen molar-refractivity contribution in [3.8, 4) is 0 Å². The van der Waals surface area contributed by atoms with E-state index >= 15 is 0 Å². The van der Waals surface area contributed by atoms with E-state index in [4.69, 9.17) is 0 Å². The Morgan fingerprint density at radius 2 is 1.63 bits per heavy atom. The summed E-state index contributed by atoms with van der Waals surface area (Å²) in [5, 5.41) is 3.07. The Bertz CT molecular complexity index is 400. The quantitative estimate of drug-likeness (QED) is 0.782. The molecule has 2 heteroatoms. The van der Waals surface area contributed by atoms with Crippen molar-refractivity contribution < 1.29 is 4.79 Å². The average Bonchev–Trinajstić information content (AvgIpc) is 2.68. The van der Waals surface area contributed by atoms with E-state index in [1.54, 1.807) is 0 Å². The van der Waals surface area contributed by atoms with Gasteiger partial charge in [-0.15, -0.1) is 0 Å². The Hall–Kier alpha value is -1.31. The van der Waals surface area contributed by atoms with Crippen LogP contribution in [-0.4, -0.2) is 5.91 Å². The number of nitrogens with one attached hydrogen (secondary N) is 1. The largest absolute Gasteiger partial charge is 0.326 e. The molecule has 0 aromatic heterocycles. The van der Waals surface area contributed by atoms with Crippen molar-refractivity contribution in [2.45, 2.75) is 58.3 Å². The van der Waals surface area contributed by atoms with Gasteiger partial charge >= 0.3 is 0 Å². The van der Waals surface area contributed by atoms with Crippen LogP contribution in [0.3, 0.4) is 0 Å². The fraction of sp³-hybridized carbons (Fsp3) is 0.588. The molecule has 1 aromatic rings. The average molecular weight is 259 g/mol. The van der Waals surface area contributed by atoms with Crippen molar-refractivity contribution >= 4 is 11.6 Å². The number of hydrogen-bond acceptors (Lipinski definition) is 1. The fourth-order valence-electron chi connectivity index (χ4n) is 2.74. The van der Waals surface area contributed by atoms with Crippen LogP contribution < -0.4 is 5.32 Å². The first-order valence-corrected chi connectivity index (χ1v) is 7.57. The third-order valence-corrected chi connectivity index (χ3v) is 4.07. The molecule has 0 spiro atoms. The molecule has 0 saturated heterocycles. The van der Waals surface area contributed by atoms with Crippen LogP contribution in [0, 0.1) is 5.92 Å². The minimum absolute atomic E-state index is 0.208. The van der Waals surface area contributed by atoms with Gasteiger partial charge in [0.15, 0.2) is 0 Å². The molecule has 0 radical (unpaired) electrons. The van der Waals surface area contributed by atoms with Crippen molar-refractivity contribution in [2.24, 2.45) is 5.92 Å². The van der Waals surface area contributed by atoms with Gasteiger partial charge in [-0.25, -0.2) is 0 Å². The highest BCUT2D eigenvalue weighted by atomic mass is 16.1. The first-order valence-electron chi connectivity index (χ1n) is 7.57. The summed E-state index contributed by atoms with van der Waals surface area (Å²) in [6.45, 7) is 4.36. The van der Waals surface area contributed by atoms with Crippen LogP contribution in [0.1, 0.15) is 63.9 Å². The van der Waals surface area contributed by atoms with Gasteiger partial charge in [0.25, 0.3) is 0 Å². The molecule has 0 bridgehead atoms. The summed E-state index contributed by atoms with van der Waals surface area (Å²) in [7, 11) is 0. The van der Waals surface area contributed by atoms with Crippen molar-refractivity contribution in [3.05, 3.63) is 29.8 Å². The molecule has 1 N–H and O–H groups in total. The molecule has 1 saturated carbocycles. The monoisotopic (exact) mass is 259 g/mol. The fourth-order valence-corrected chi connectivity index (χ4v) is 2.74. The first kappa shape index (κ1) is 14.1. The predicted molar refractivity (Wildman–Crippen MR) is 80.4 cm³/mol. The highest BCUT2D eigenvalue weighted by Crippen LogP contribution is 2.24. The van der Waals surface area contributed by atoms with Gasteiger partial charge in [0.1, 0.15) is 0 Å². The summed E-state index contributed by atoms with van der Waals surface area (Å²) >= 11 is 0. The zero-order chi connectivity index (χ0) is 13.7.